The second kappa shape index (κ2) is 3.75. The van der Waals surface area contributed by atoms with E-state index >= 15 is 0 Å². The van der Waals surface area contributed by atoms with Gasteiger partial charge in [-0.05, 0) is 35.4 Å². The second-order valence-electron chi connectivity index (χ2n) is 3.78. The van der Waals surface area contributed by atoms with Crippen molar-refractivity contribution in [2.75, 3.05) is 5.73 Å². The molecule has 0 radical (unpaired) electrons. The Morgan fingerprint density at radius 2 is 1.71 bits per heavy atom. The zero-order valence-corrected chi connectivity index (χ0v) is 9.74. The molecule has 17 heavy (non-hydrogen) atoms. The molecule has 1 aromatic heterocycles. The Balaban J connectivity index is 2.13. The Labute approximate surface area is 102 Å². The summed E-state index contributed by atoms with van der Waals surface area (Å²) in [5, 5.41) is 9.84. The van der Waals surface area contributed by atoms with Crippen molar-refractivity contribution in [3.63, 3.8) is 0 Å². The minimum absolute atomic E-state index is 0.275. The van der Waals surface area contributed by atoms with Gasteiger partial charge in [-0.3, -0.25) is 0 Å². The Hall–Kier alpha value is -2.07. The van der Waals surface area contributed by atoms with Gasteiger partial charge in [-0.2, -0.15) is 0 Å². The average molecular weight is 242 g/mol. The molecule has 0 saturated heterocycles. The molecule has 0 aliphatic heterocycles. The van der Waals surface area contributed by atoms with E-state index in [9.17, 15) is 5.11 Å². The molecule has 1 heterocycles. The molecule has 0 aliphatic carbocycles. The van der Waals surface area contributed by atoms with Crippen LogP contribution in [0.4, 0.5) is 5.13 Å². The molecular formula is C13H10N2OS. The molecule has 84 valence electrons. The van der Waals surface area contributed by atoms with Crippen LogP contribution in [0.1, 0.15) is 0 Å². The first-order valence-electron chi connectivity index (χ1n) is 5.18. The number of nitrogens with two attached hydrogens (primary N) is 1. The first-order chi connectivity index (χ1) is 8.22. The number of hydrogen-bond donors (Lipinski definition) is 2. The zero-order valence-electron chi connectivity index (χ0n) is 8.92. The van der Waals surface area contributed by atoms with E-state index in [2.05, 4.69) is 11.1 Å². The summed E-state index contributed by atoms with van der Waals surface area (Å²) in [4.78, 5) is 4.22. The first kappa shape index (κ1) is 10.1. The highest BCUT2D eigenvalue weighted by Crippen LogP contribution is 2.29. The third-order valence-corrected chi connectivity index (χ3v) is 3.45. The number of phenols is 1. The number of rotatable bonds is 1. The SMILES string of the molecule is Nc1nc2ccc(-c3ccc(O)cc3)cc2s1. The number of nitrogen functional groups attached to an aromatic ring is 1. The summed E-state index contributed by atoms with van der Waals surface area (Å²) < 4.78 is 1.08. The van der Waals surface area contributed by atoms with Gasteiger partial charge in [0.1, 0.15) is 5.75 Å². The van der Waals surface area contributed by atoms with Crippen molar-refractivity contribution in [2.45, 2.75) is 0 Å². The lowest BCUT2D eigenvalue weighted by Gasteiger charge is -2.01. The van der Waals surface area contributed by atoms with Crippen molar-refractivity contribution >= 4 is 26.7 Å². The summed E-state index contributed by atoms with van der Waals surface area (Å²) in [5.74, 6) is 0.275. The summed E-state index contributed by atoms with van der Waals surface area (Å²) in [6.07, 6.45) is 0. The van der Waals surface area contributed by atoms with Crippen LogP contribution in [-0.4, -0.2) is 10.1 Å². The first-order valence-corrected chi connectivity index (χ1v) is 5.99. The molecule has 0 bridgehead atoms. The maximum atomic E-state index is 9.25. The third-order valence-electron chi connectivity index (χ3n) is 2.61. The topological polar surface area (TPSA) is 59.1 Å². The highest BCUT2D eigenvalue weighted by Gasteiger charge is 2.03. The Morgan fingerprint density at radius 3 is 2.47 bits per heavy atom. The van der Waals surface area contributed by atoms with Crippen molar-refractivity contribution in [1.82, 2.24) is 4.98 Å². The molecule has 0 saturated carbocycles. The molecule has 3 rings (SSSR count). The smallest absolute Gasteiger partial charge is 0.181 e. The normalized spacial score (nSPS) is 10.8. The van der Waals surface area contributed by atoms with Crippen molar-refractivity contribution in [3.8, 4) is 16.9 Å². The molecule has 0 spiro atoms. The predicted molar refractivity (Wildman–Crippen MR) is 71.1 cm³/mol. The number of nitrogens with zero attached hydrogens (tertiary/aromatic N) is 1. The molecular weight excluding hydrogens is 232 g/mol. The maximum absolute atomic E-state index is 9.25. The monoisotopic (exact) mass is 242 g/mol. The Morgan fingerprint density at radius 1 is 1.00 bits per heavy atom. The van der Waals surface area contributed by atoms with Crippen LogP contribution in [0, 0.1) is 0 Å². The van der Waals surface area contributed by atoms with Gasteiger partial charge in [0.25, 0.3) is 0 Å². The Bertz CT molecular complexity index is 673. The van der Waals surface area contributed by atoms with Gasteiger partial charge >= 0.3 is 0 Å². The number of hydrogen-bond acceptors (Lipinski definition) is 4. The van der Waals surface area contributed by atoms with Crippen LogP contribution in [0.5, 0.6) is 5.75 Å². The van der Waals surface area contributed by atoms with E-state index < -0.39 is 0 Å². The largest absolute Gasteiger partial charge is 0.508 e. The van der Waals surface area contributed by atoms with Crippen LogP contribution in [0.3, 0.4) is 0 Å². The van der Waals surface area contributed by atoms with E-state index in [4.69, 9.17) is 5.73 Å². The molecule has 3 N–H and O–H groups in total. The molecule has 0 atom stereocenters. The van der Waals surface area contributed by atoms with Gasteiger partial charge in [0.05, 0.1) is 10.2 Å². The standard InChI is InChI=1S/C13H10N2OS/c14-13-15-11-6-3-9(7-12(11)17-13)8-1-4-10(16)5-2-8/h1-7,16H,(H2,14,15). The van der Waals surface area contributed by atoms with Crippen molar-refractivity contribution < 1.29 is 5.11 Å². The van der Waals surface area contributed by atoms with Gasteiger partial charge in [0, 0.05) is 0 Å². The van der Waals surface area contributed by atoms with Crippen LogP contribution in [-0.2, 0) is 0 Å². The number of anilines is 1. The number of phenolic OH excluding ortho intramolecular Hbond substituents is 1. The number of fused-ring (bicyclic) bond motifs is 1. The second-order valence-corrected chi connectivity index (χ2v) is 4.84. The molecule has 0 aliphatic rings. The van der Waals surface area contributed by atoms with Crippen molar-refractivity contribution in [2.24, 2.45) is 0 Å². The third kappa shape index (κ3) is 1.83. The fourth-order valence-electron chi connectivity index (χ4n) is 1.78. The molecule has 0 amide bonds. The lowest BCUT2D eigenvalue weighted by Crippen LogP contribution is -1.79. The van der Waals surface area contributed by atoms with Crippen LogP contribution in [0.25, 0.3) is 21.3 Å². The predicted octanol–water partition coefficient (Wildman–Crippen LogP) is 3.25. The van der Waals surface area contributed by atoms with E-state index in [1.54, 1.807) is 12.1 Å². The number of thiazole rings is 1. The molecule has 0 unspecified atom stereocenters. The highest BCUT2D eigenvalue weighted by molar-refractivity contribution is 7.22. The zero-order chi connectivity index (χ0) is 11.8. The van der Waals surface area contributed by atoms with Crippen LogP contribution in [0.2, 0.25) is 0 Å². The van der Waals surface area contributed by atoms with Crippen molar-refractivity contribution in [3.05, 3.63) is 42.5 Å². The van der Waals surface area contributed by atoms with Gasteiger partial charge in [-0.25, -0.2) is 4.98 Å². The van der Waals surface area contributed by atoms with Gasteiger partial charge < -0.3 is 10.8 Å². The van der Waals surface area contributed by atoms with Crippen LogP contribution < -0.4 is 5.73 Å². The number of aromatic nitrogens is 1. The van der Waals surface area contributed by atoms with Crippen LogP contribution in [0.15, 0.2) is 42.5 Å². The minimum Gasteiger partial charge on any atom is -0.508 e. The summed E-state index contributed by atoms with van der Waals surface area (Å²) in [6, 6.07) is 13.2. The van der Waals surface area contributed by atoms with Gasteiger partial charge in [-0.1, -0.05) is 29.5 Å². The van der Waals surface area contributed by atoms with Gasteiger partial charge in [0.2, 0.25) is 0 Å². The number of benzene rings is 2. The van der Waals surface area contributed by atoms with E-state index in [1.807, 2.05) is 24.3 Å². The fourth-order valence-corrected chi connectivity index (χ4v) is 2.55. The van der Waals surface area contributed by atoms with E-state index in [0.29, 0.717) is 5.13 Å². The quantitative estimate of drug-likeness (QED) is 0.688. The lowest BCUT2D eigenvalue weighted by atomic mass is 10.1. The molecule has 0 fully saturated rings. The van der Waals surface area contributed by atoms with Crippen molar-refractivity contribution in [1.29, 1.82) is 0 Å². The summed E-state index contributed by atoms with van der Waals surface area (Å²) in [6.45, 7) is 0. The van der Waals surface area contributed by atoms with E-state index in [0.717, 1.165) is 21.3 Å². The van der Waals surface area contributed by atoms with E-state index in [1.165, 1.54) is 11.3 Å². The molecule has 3 nitrogen and oxygen atoms in total. The summed E-state index contributed by atoms with van der Waals surface area (Å²) >= 11 is 1.48. The van der Waals surface area contributed by atoms with Gasteiger partial charge in [0.15, 0.2) is 5.13 Å². The summed E-state index contributed by atoms with van der Waals surface area (Å²) in [7, 11) is 0. The lowest BCUT2D eigenvalue weighted by molar-refractivity contribution is 0.475. The maximum Gasteiger partial charge on any atom is 0.181 e. The fraction of sp³-hybridized carbons (Fsp3) is 0. The summed E-state index contributed by atoms with van der Waals surface area (Å²) in [5.41, 5.74) is 8.76. The molecule has 3 aromatic rings. The minimum atomic E-state index is 0.275. The Kier molecular flexibility index (Phi) is 2.23. The van der Waals surface area contributed by atoms with Gasteiger partial charge in [-0.15, -0.1) is 0 Å². The average Bonchev–Trinajstić information content (AvgIpc) is 2.69. The number of aromatic hydroxyl groups is 1. The highest BCUT2D eigenvalue weighted by atomic mass is 32.1. The van der Waals surface area contributed by atoms with E-state index in [-0.39, 0.29) is 5.75 Å². The molecule has 2 aromatic carbocycles. The van der Waals surface area contributed by atoms with Crippen LogP contribution >= 0.6 is 11.3 Å². The molecule has 4 heteroatoms.